The van der Waals surface area contributed by atoms with Gasteiger partial charge in [0.25, 0.3) is 0 Å². The van der Waals surface area contributed by atoms with Crippen molar-refractivity contribution in [3.63, 3.8) is 0 Å². The highest BCUT2D eigenvalue weighted by atomic mass is 32.1. The number of rotatable bonds is 7. The van der Waals surface area contributed by atoms with E-state index in [1.165, 1.54) is 11.3 Å². The molecule has 0 unspecified atom stereocenters. The molecule has 1 rings (SSSR count). The number of Topliss-reactive ketones (excluding diaryl/α,β-unsaturated/α-hetero) is 1. The van der Waals surface area contributed by atoms with Crippen LogP contribution in [0.5, 0.6) is 0 Å². The molecule has 0 saturated heterocycles. The molecule has 1 aromatic heterocycles. The first-order valence-electron chi connectivity index (χ1n) is 4.90. The summed E-state index contributed by atoms with van der Waals surface area (Å²) in [5.74, 6) is 0.0607. The van der Waals surface area contributed by atoms with Crippen molar-refractivity contribution in [3.05, 3.63) is 21.9 Å². The van der Waals surface area contributed by atoms with Gasteiger partial charge in [-0.15, -0.1) is 11.3 Å². The number of ether oxygens (including phenoxy) is 2. The lowest BCUT2D eigenvalue weighted by atomic mass is 10.3. The summed E-state index contributed by atoms with van der Waals surface area (Å²) in [6.07, 6.45) is 0.827. The Labute approximate surface area is 94.0 Å². The normalized spacial score (nSPS) is 10.5. The molecule has 0 bridgehead atoms. The molecular weight excluding hydrogens is 212 g/mol. The van der Waals surface area contributed by atoms with Gasteiger partial charge in [0.05, 0.1) is 4.88 Å². The Balaban J connectivity index is 2.19. The summed E-state index contributed by atoms with van der Waals surface area (Å²) in [6.45, 7) is 3.40. The molecule has 1 aromatic rings. The van der Waals surface area contributed by atoms with Crippen molar-refractivity contribution in [1.82, 2.24) is 0 Å². The highest BCUT2D eigenvalue weighted by Crippen LogP contribution is 2.15. The van der Waals surface area contributed by atoms with Crippen LogP contribution in [-0.2, 0) is 9.47 Å². The third kappa shape index (κ3) is 4.55. The van der Waals surface area contributed by atoms with E-state index in [4.69, 9.17) is 9.47 Å². The maximum absolute atomic E-state index is 11.5. The SMILES string of the molecule is COCCCOCC(=O)c1ccc(C)s1. The van der Waals surface area contributed by atoms with Crippen LogP contribution in [0.25, 0.3) is 0 Å². The topological polar surface area (TPSA) is 35.5 Å². The summed E-state index contributed by atoms with van der Waals surface area (Å²) in [6, 6.07) is 3.80. The quantitative estimate of drug-likeness (QED) is 0.530. The fourth-order valence-corrected chi connectivity index (χ4v) is 1.92. The summed E-state index contributed by atoms with van der Waals surface area (Å²) >= 11 is 1.51. The number of hydrogen-bond acceptors (Lipinski definition) is 4. The van der Waals surface area contributed by atoms with Crippen LogP contribution in [0.1, 0.15) is 21.0 Å². The van der Waals surface area contributed by atoms with Gasteiger partial charge in [0, 0.05) is 25.2 Å². The summed E-state index contributed by atoms with van der Waals surface area (Å²) in [7, 11) is 1.65. The molecule has 0 N–H and O–H groups in total. The highest BCUT2D eigenvalue weighted by Gasteiger charge is 2.07. The average Bonchev–Trinajstić information content (AvgIpc) is 2.64. The van der Waals surface area contributed by atoms with E-state index in [9.17, 15) is 4.79 Å². The molecule has 0 atom stereocenters. The van der Waals surface area contributed by atoms with E-state index in [1.54, 1.807) is 7.11 Å². The molecular formula is C11H16O3S. The van der Waals surface area contributed by atoms with Crippen LogP contribution in [0.15, 0.2) is 12.1 Å². The molecule has 0 amide bonds. The van der Waals surface area contributed by atoms with Crippen LogP contribution >= 0.6 is 11.3 Å². The Kier molecular flexibility index (Phi) is 5.53. The van der Waals surface area contributed by atoms with Crippen LogP contribution in [0, 0.1) is 6.92 Å². The molecule has 0 aromatic carbocycles. The van der Waals surface area contributed by atoms with Crippen LogP contribution in [0.3, 0.4) is 0 Å². The Hall–Kier alpha value is -0.710. The largest absolute Gasteiger partial charge is 0.385 e. The summed E-state index contributed by atoms with van der Waals surface area (Å²) < 4.78 is 10.1. The minimum absolute atomic E-state index is 0.0607. The number of carbonyl (C=O) groups excluding carboxylic acids is 1. The third-order valence-electron chi connectivity index (χ3n) is 1.89. The first kappa shape index (κ1) is 12.4. The van der Waals surface area contributed by atoms with Gasteiger partial charge in [-0.1, -0.05) is 0 Å². The zero-order valence-electron chi connectivity index (χ0n) is 9.12. The molecule has 0 aliphatic heterocycles. The molecule has 15 heavy (non-hydrogen) atoms. The molecule has 0 aliphatic carbocycles. The molecule has 84 valence electrons. The van der Waals surface area contributed by atoms with Crippen LogP contribution < -0.4 is 0 Å². The van der Waals surface area contributed by atoms with Gasteiger partial charge in [0.2, 0.25) is 0 Å². The van der Waals surface area contributed by atoms with Crippen LogP contribution in [0.4, 0.5) is 0 Å². The Bertz CT molecular complexity index is 307. The first-order chi connectivity index (χ1) is 7.24. The summed E-state index contributed by atoms with van der Waals surface area (Å²) in [4.78, 5) is 13.5. The van der Waals surface area contributed by atoms with E-state index in [1.807, 2.05) is 19.1 Å². The zero-order valence-corrected chi connectivity index (χ0v) is 9.93. The van der Waals surface area contributed by atoms with Crippen LogP contribution in [0.2, 0.25) is 0 Å². The maximum atomic E-state index is 11.5. The third-order valence-corrected chi connectivity index (χ3v) is 2.93. The Morgan fingerprint density at radius 1 is 1.40 bits per heavy atom. The lowest BCUT2D eigenvalue weighted by Crippen LogP contribution is -2.09. The van der Waals surface area contributed by atoms with Gasteiger partial charge in [-0.05, 0) is 25.5 Å². The van der Waals surface area contributed by atoms with Gasteiger partial charge in [-0.2, -0.15) is 0 Å². The second-order valence-corrected chi connectivity index (χ2v) is 4.52. The van der Waals surface area contributed by atoms with Crippen molar-refractivity contribution in [3.8, 4) is 0 Å². The smallest absolute Gasteiger partial charge is 0.198 e. The maximum Gasteiger partial charge on any atom is 0.198 e. The van der Waals surface area contributed by atoms with Gasteiger partial charge in [-0.3, -0.25) is 4.79 Å². The molecule has 3 nitrogen and oxygen atoms in total. The van der Waals surface area contributed by atoms with E-state index in [0.717, 1.165) is 16.2 Å². The molecule has 0 radical (unpaired) electrons. The Morgan fingerprint density at radius 3 is 2.80 bits per heavy atom. The van der Waals surface area contributed by atoms with E-state index in [2.05, 4.69) is 0 Å². The second-order valence-electron chi connectivity index (χ2n) is 3.23. The number of hydrogen-bond donors (Lipinski definition) is 0. The summed E-state index contributed by atoms with van der Waals surface area (Å²) in [5, 5.41) is 0. The number of aryl methyl sites for hydroxylation is 1. The minimum Gasteiger partial charge on any atom is -0.385 e. The predicted octanol–water partition coefficient (Wildman–Crippen LogP) is 2.29. The minimum atomic E-state index is 0.0607. The number of ketones is 1. The van der Waals surface area contributed by atoms with Crippen molar-refractivity contribution in [2.24, 2.45) is 0 Å². The predicted molar refractivity (Wildman–Crippen MR) is 60.7 cm³/mol. The highest BCUT2D eigenvalue weighted by molar-refractivity contribution is 7.14. The number of methoxy groups -OCH3 is 1. The van der Waals surface area contributed by atoms with E-state index >= 15 is 0 Å². The molecule has 0 fully saturated rings. The van der Waals surface area contributed by atoms with Gasteiger partial charge < -0.3 is 9.47 Å². The van der Waals surface area contributed by atoms with Gasteiger partial charge in [-0.25, -0.2) is 0 Å². The standard InChI is InChI=1S/C11H16O3S/c1-9-4-5-11(15-9)10(12)8-14-7-3-6-13-2/h4-5H,3,6-8H2,1-2H3. The van der Waals surface area contributed by atoms with Gasteiger partial charge in [0.1, 0.15) is 6.61 Å². The van der Waals surface area contributed by atoms with E-state index < -0.39 is 0 Å². The van der Waals surface area contributed by atoms with Crippen molar-refractivity contribution in [2.45, 2.75) is 13.3 Å². The molecule has 0 saturated carbocycles. The average molecular weight is 228 g/mol. The van der Waals surface area contributed by atoms with Crippen molar-refractivity contribution in [2.75, 3.05) is 26.9 Å². The van der Waals surface area contributed by atoms with Gasteiger partial charge in [0.15, 0.2) is 5.78 Å². The summed E-state index contributed by atoms with van der Waals surface area (Å²) in [5.41, 5.74) is 0. The lowest BCUT2D eigenvalue weighted by molar-refractivity contribution is 0.0709. The molecule has 0 spiro atoms. The van der Waals surface area contributed by atoms with Crippen LogP contribution in [-0.4, -0.2) is 32.7 Å². The Morgan fingerprint density at radius 2 is 2.20 bits per heavy atom. The zero-order chi connectivity index (χ0) is 11.1. The number of carbonyl (C=O) groups is 1. The van der Waals surface area contributed by atoms with Gasteiger partial charge >= 0.3 is 0 Å². The first-order valence-corrected chi connectivity index (χ1v) is 5.72. The van der Waals surface area contributed by atoms with Crippen molar-refractivity contribution >= 4 is 17.1 Å². The lowest BCUT2D eigenvalue weighted by Gasteiger charge is -2.01. The second kappa shape index (κ2) is 6.71. The van der Waals surface area contributed by atoms with E-state index in [0.29, 0.717) is 13.2 Å². The number of thiophene rings is 1. The fourth-order valence-electron chi connectivity index (χ4n) is 1.13. The fraction of sp³-hybridized carbons (Fsp3) is 0.545. The van der Waals surface area contributed by atoms with E-state index in [-0.39, 0.29) is 12.4 Å². The monoisotopic (exact) mass is 228 g/mol. The van der Waals surface area contributed by atoms with Crippen molar-refractivity contribution in [1.29, 1.82) is 0 Å². The molecule has 4 heteroatoms. The van der Waals surface area contributed by atoms with Crippen molar-refractivity contribution < 1.29 is 14.3 Å². The molecule has 1 heterocycles. The molecule has 0 aliphatic rings.